The van der Waals surface area contributed by atoms with Crippen LogP contribution in [0, 0.1) is 17.6 Å². The summed E-state index contributed by atoms with van der Waals surface area (Å²) in [5.74, 6) is -2.47. The Bertz CT molecular complexity index is 1750. The second-order valence-corrected chi connectivity index (χ2v) is 10.3. The number of pyridine rings is 1. The van der Waals surface area contributed by atoms with E-state index in [-0.39, 0.29) is 22.5 Å². The molecule has 4 aromatic rings. The Morgan fingerprint density at radius 3 is 2.64 bits per heavy atom. The monoisotopic (exact) mass is 593 g/mol. The molecule has 216 valence electrons. The van der Waals surface area contributed by atoms with Gasteiger partial charge in [0.15, 0.2) is 5.82 Å². The number of fused-ring (bicyclic) bond motifs is 4. The first-order valence-electron chi connectivity index (χ1n) is 13.1. The summed E-state index contributed by atoms with van der Waals surface area (Å²) >= 11 is 5.84. The van der Waals surface area contributed by atoms with Gasteiger partial charge in [0, 0.05) is 29.4 Å². The largest absolute Gasteiger partial charge is 0.453 e. The van der Waals surface area contributed by atoms with Crippen LogP contribution in [0.25, 0.3) is 22.5 Å². The molecule has 0 fully saturated rings. The molecule has 1 aliphatic heterocycles. The standard InChI is InChI=1S/C30H26ClF2N5O4/c1-16-4-3-5-25(38-15-35-24(14-26(38)39)27-21(32)9-8-20(31)28(27)33)17-10-11-34-22(12-17)19-7-6-18(36-30(41)42-2)13-23(19)37-29(16)40/h6-16,25H,3-5H2,1-2H3,(H,36,41)(H,37,40)/t16-,25+/m1/s1. The molecule has 42 heavy (non-hydrogen) atoms. The summed E-state index contributed by atoms with van der Waals surface area (Å²) in [6.07, 6.45) is 3.80. The van der Waals surface area contributed by atoms with Crippen molar-refractivity contribution in [3.05, 3.63) is 93.6 Å². The average molecular weight is 594 g/mol. The fraction of sp³-hybridized carbons (Fsp3) is 0.233. The molecule has 2 aromatic heterocycles. The van der Waals surface area contributed by atoms with Gasteiger partial charge in [-0.15, -0.1) is 0 Å². The van der Waals surface area contributed by atoms with E-state index in [0.717, 1.165) is 23.8 Å². The number of rotatable bonds is 3. The first-order chi connectivity index (χ1) is 20.2. The number of aromatic nitrogens is 3. The van der Waals surface area contributed by atoms with Crippen LogP contribution in [-0.4, -0.2) is 33.6 Å². The Hall–Kier alpha value is -4.64. The number of nitrogens with one attached hydrogen (secondary N) is 2. The summed E-state index contributed by atoms with van der Waals surface area (Å²) in [7, 11) is 1.25. The Morgan fingerprint density at radius 2 is 1.88 bits per heavy atom. The minimum atomic E-state index is -0.998. The van der Waals surface area contributed by atoms with Gasteiger partial charge in [-0.2, -0.15) is 0 Å². The molecule has 2 N–H and O–H groups in total. The average Bonchev–Trinajstić information content (AvgIpc) is 2.97. The maximum Gasteiger partial charge on any atom is 0.411 e. The van der Waals surface area contributed by atoms with Gasteiger partial charge in [-0.3, -0.25) is 24.5 Å². The molecule has 1 aliphatic rings. The molecule has 5 rings (SSSR count). The second kappa shape index (κ2) is 12.1. The summed E-state index contributed by atoms with van der Waals surface area (Å²) in [4.78, 5) is 46.9. The number of carbonyl (C=O) groups is 2. The van der Waals surface area contributed by atoms with E-state index in [4.69, 9.17) is 11.6 Å². The molecular weight excluding hydrogens is 568 g/mol. The van der Waals surface area contributed by atoms with E-state index >= 15 is 0 Å². The van der Waals surface area contributed by atoms with E-state index in [2.05, 4.69) is 25.3 Å². The van der Waals surface area contributed by atoms with Crippen LogP contribution in [0.1, 0.15) is 37.8 Å². The van der Waals surface area contributed by atoms with Crippen LogP contribution in [0.5, 0.6) is 0 Å². The topological polar surface area (TPSA) is 115 Å². The number of anilines is 2. The van der Waals surface area contributed by atoms with Crippen LogP contribution in [0.3, 0.4) is 0 Å². The van der Waals surface area contributed by atoms with Gasteiger partial charge < -0.3 is 10.1 Å². The lowest BCUT2D eigenvalue weighted by atomic mass is 9.94. The highest BCUT2D eigenvalue weighted by Crippen LogP contribution is 2.34. The van der Waals surface area contributed by atoms with E-state index in [1.54, 1.807) is 37.4 Å². The minimum Gasteiger partial charge on any atom is -0.453 e. The van der Waals surface area contributed by atoms with Crippen LogP contribution in [0.2, 0.25) is 5.02 Å². The van der Waals surface area contributed by atoms with Crippen molar-refractivity contribution in [2.75, 3.05) is 17.7 Å². The Kier molecular flexibility index (Phi) is 8.30. The number of methoxy groups -OCH3 is 1. The maximum absolute atomic E-state index is 14.6. The molecule has 9 nitrogen and oxygen atoms in total. The molecule has 0 radical (unpaired) electrons. The number of nitrogens with zero attached hydrogens (tertiary/aromatic N) is 3. The van der Waals surface area contributed by atoms with Crippen LogP contribution < -0.4 is 16.2 Å². The number of amides is 2. The van der Waals surface area contributed by atoms with Crippen molar-refractivity contribution in [3.8, 4) is 22.5 Å². The lowest BCUT2D eigenvalue weighted by Gasteiger charge is -2.23. The van der Waals surface area contributed by atoms with Crippen LogP contribution in [0.4, 0.5) is 25.0 Å². The predicted molar refractivity (Wildman–Crippen MR) is 154 cm³/mol. The molecule has 2 bridgehead atoms. The van der Waals surface area contributed by atoms with Crippen molar-refractivity contribution in [1.29, 1.82) is 0 Å². The zero-order chi connectivity index (χ0) is 30.0. The molecule has 3 heterocycles. The number of ether oxygens (including phenoxy) is 1. The quantitative estimate of drug-likeness (QED) is 0.265. The van der Waals surface area contributed by atoms with E-state index in [0.29, 0.717) is 41.9 Å². The van der Waals surface area contributed by atoms with Gasteiger partial charge >= 0.3 is 6.09 Å². The van der Waals surface area contributed by atoms with Gasteiger partial charge in [-0.05, 0) is 60.9 Å². The molecule has 2 aromatic carbocycles. The Morgan fingerprint density at radius 1 is 1.07 bits per heavy atom. The lowest BCUT2D eigenvalue weighted by molar-refractivity contribution is -0.119. The van der Waals surface area contributed by atoms with Crippen molar-refractivity contribution >= 4 is 35.0 Å². The van der Waals surface area contributed by atoms with E-state index in [9.17, 15) is 23.2 Å². The van der Waals surface area contributed by atoms with E-state index in [1.807, 2.05) is 6.07 Å². The number of hydrogen-bond donors (Lipinski definition) is 2. The second-order valence-electron chi connectivity index (χ2n) is 9.93. The lowest BCUT2D eigenvalue weighted by Crippen LogP contribution is -2.27. The van der Waals surface area contributed by atoms with Crippen LogP contribution in [0.15, 0.2) is 65.8 Å². The molecular formula is C30H26ClF2N5O4. The molecule has 2 amide bonds. The summed E-state index contributed by atoms with van der Waals surface area (Å²) < 4.78 is 35.2. The third-order valence-corrected chi connectivity index (χ3v) is 7.48. The SMILES string of the molecule is COC(=O)Nc1ccc2c(c1)NC(=O)[C@H](C)CCC[C@H](n1cnc(-c3c(F)ccc(Cl)c3F)cc1=O)c1ccnc-2c1. The van der Waals surface area contributed by atoms with Gasteiger partial charge in [0.2, 0.25) is 5.91 Å². The van der Waals surface area contributed by atoms with E-state index < -0.39 is 34.9 Å². The number of halogens is 3. The van der Waals surface area contributed by atoms with Gasteiger partial charge in [0.25, 0.3) is 5.56 Å². The zero-order valence-corrected chi connectivity index (χ0v) is 23.4. The van der Waals surface area contributed by atoms with Crippen molar-refractivity contribution in [2.45, 2.75) is 32.2 Å². The minimum absolute atomic E-state index is 0.173. The molecule has 0 saturated heterocycles. The van der Waals surface area contributed by atoms with Gasteiger partial charge in [-0.25, -0.2) is 18.6 Å². The first-order valence-corrected chi connectivity index (χ1v) is 13.5. The third-order valence-electron chi connectivity index (χ3n) is 7.19. The highest BCUT2D eigenvalue weighted by Gasteiger charge is 2.23. The van der Waals surface area contributed by atoms with Crippen LogP contribution in [-0.2, 0) is 9.53 Å². The highest BCUT2D eigenvalue weighted by atomic mass is 35.5. The van der Waals surface area contributed by atoms with Crippen molar-refractivity contribution in [2.24, 2.45) is 5.92 Å². The number of benzene rings is 2. The fourth-order valence-electron chi connectivity index (χ4n) is 4.93. The molecule has 0 spiro atoms. The summed E-state index contributed by atoms with van der Waals surface area (Å²) in [6.45, 7) is 1.81. The maximum atomic E-state index is 14.6. The summed E-state index contributed by atoms with van der Waals surface area (Å²) in [5, 5.41) is 5.25. The van der Waals surface area contributed by atoms with Gasteiger partial charge in [0.05, 0.1) is 47.1 Å². The van der Waals surface area contributed by atoms with Crippen LogP contribution >= 0.6 is 11.6 Å². The highest BCUT2D eigenvalue weighted by molar-refractivity contribution is 6.31. The third kappa shape index (κ3) is 5.87. The van der Waals surface area contributed by atoms with E-state index in [1.165, 1.54) is 18.0 Å². The predicted octanol–water partition coefficient (Wildman–Crippen LogP) is 6.43. The molecule has 0 aliphatic carbocycles. The molecule has 2 atom stereocenters. The normalized spacial score (nSPS) is 16.8. The van der Waals surface area contributed by atoms with Gasteiger partial charge in [-0.1, -0.05) is 24.9 Å². The van der Waals surface area contributed by atoms with Crippen molar-refractivity contribution in [3.63, 3.8) is 0 Å². The van der Waals surface area contributed by atoms with Crippen molar-refractivity contribution in [1.82, 2.24) is 14.5 Å². The molecule has 12 heteroatoms. The Balaban J connectivity index is 1.59. The summed E-state index contributed by atoms with van der Waals surface area (Å²) in [6, 6.07) is 11.3. The summed E-state index contributed by atoms with van der Waals surface area (Å²) in [5.41, 5.74) is 1.56. The Labute approximate surface area is 244 Å². The number of hydrogen-bond acceptors (Lipinski definition) is 6. The molecule has 0 saturated carbocycles. The van der Waals surface area contributed by atoms with Gasteiger partial charge in [0.1, 0.15) is 5.82 Å². The number of carbonyl (C=O) groups excluding carboxylic acids is 2. The smallest absolute Gasteiger partial charge is 0.411 e. The molecule has 0 unspecified atom stereocenters. The zero-order valence-electron chi connectivity index (χ0n) is 22.7. The fourth-order valence-corrected chi connectivity index (χ4v) is 5.09. The van der Waals surface area contributed by atoms with Crippen molar-refractivity contribution < 1.29 is 23.1 Å². The first kappa shape index (κ1) is 28.9.